The van der Waals surface area contributed by atoms with Crippen molar-refractivity contribution in [1.82, 2.24) is 0 Å². The van der Waals surface area contributed by atoms with Gasteiger partial charge in [-0.2, -0.15) is 0 Å². The minimum Gasteiger partial charge on any atom is -0.393 e. The average molecular weight is 172 g/mol. The molecule has 1 atom stereocenters. The zero-order valence-electron chi connectivity index (χ0n) is 9.06. The maximum absolute atomic E-state index is 9.51. The second-order valence-corrected chi connectivity index (χ2v) is 4.50. The summed E-state index contributed by atoms with van der Waals surface area (Å²) in [6.45, 7) is 8.87. The van der Waals surface area contributed by atoms with Crippen molar-refractivity contribution in [2.45, 2.75) is 65.9 Å². The van der Waals surface area contributed by atoms with E-state index < -0.39 is 0 Å². The molecule has 0 aromatic carbocycles. The molecule has 0 saturated carbocycles. The first-order valence-electron chi connectivity index (χ1n) is 5.20. The summed E-state index contributed by atoms with van der Waals surface area (Å²) in [5, 5.41) is 9.51. The van der Waals surface area contributed by atoms with Crippen molar-refractivity contribution in [3.8, 4) is 0 Å². The highest BCUT2D eigenvalue weighted by atomic mass is 16.3. The summed E-state index contributed by atoms with van der Waals surface area (Å²) >= 11 is 0. The molecule has 0 aliphatic carbocycles. The molecule has 12 heavy (non-hydrogen) atoms. The van der Waals surface area contributed by atoms with E-state index in [1.807, 2.05) is 0 Å². The van der Waals surface area contributed by atoms with Gasteiger partial charge in [-0.05, 0) is 24.7 Å². The van der Waals surface area contributed by atoms with Crippen molar-refractivity contribution in [3.05, 3.63) is 0 Å². The van der Waals surface area contributed by atoms with Gasteiger partial charge in [0.15, 0.2) is 0 Å². The molecule has 0 fully saturated rings. The van der Waals surface area contributed by atoms with Crippen molar-refractivity contribution in [3.63, 3.8) is 0 Å². The van der Waals surface area contributed by atoms with Gasteiger partial charge >= 0.3 is 0 Å². The smallest absolute Gasteiger partial charge is 0.0540 e. The Bertz CT molecular complexity index is 108. The standard InChI is InChI=1S/C11H24O/c1-5-7-10(12)8-9-11(3,4)6-2/h10,12H,5-9H2,1-4H3. The lowest BCUT2D eigenvalue weighted by atomic mass is 9.84. The number of aliphatic hydroxyl groups is 1. The summed E-state index contributed by atoms with van der Waals surface area (Å²) in [5.74, 6) is 0. The monoisotopic (exact) mass is 172 g/mol. The first-order valence-corrected chi connectivity index (χ1v) is 5.20. The van der Waals surface area contributed by atoms with Crippen LogP contribution in [-0.2, 0) is 0 Å². The van der Waals surface area contributed by atoms with E-state index >= 15 is 0 Å². The van der Waals surface area contributed by atoms with E-state index in [-0.39, 0.29) is 6.10 Å². The second-order valence-electron chi connectivity index (χ2n) is 4.50. The molecule has 0 aromatic rings. The molecule has 0 spiro atoms. The average Bonchev–Trinajstić information content (AvgIpc) is 2.02. The van der Waals surface area contributed by atoms with Crippen LogP contribution in [-0.4, -0.2) is 11.2 Å². The Morgan fingerprint density at radius 2 is 1.75 bits per heavy atom. The number of rotatable bonds is 6. The van der Waals surface area contributed by atoms with E-state index in [1.54, 1.807) is 0 Å². The molecule has 0 saturated heterocycles. The zero-order valence-corrected chi connectivity index (χ0v) is 9.06. The summed E-state index contributed by atoms with van der Waals surface area (Å²) in [6.07, 6.45) is 5.29. The van der Waals surface area contributed by atoms with Crippen LogP contribution in [0.3, 0.4) is 0 Å². The highest BCUT2D eigenvalue weighted by Crippen LogP contribution is 2.27. The van der Waals surface area contributed by atoms with Crippen LogP contribution < -0.4 is 0 Å². The van der Waals surface area contributed by atoms with Gasteiger partial charge in [-0.1, -0.05) is 40.5 Å². The Balaban J connectivity index is 3.52. The fourth-order valence-electron chi connectivity index (χ4n) is 1.21. The highest BCUT2D eigenvalue weighted by Gasteiger charge is 2.16. The van der Waals surface area contributed by atoms with Gasteiger partial charge in [0.1, 0.15) is 0 Å². The van der Waals surface area contributed by atoms with Crippen molar-refractivity contribution < 1.29 is 5.11 Å². The molecule has 1 heteroatoms. The van der Waals surface area contributed by atoms with Crippen LogP contribution in [0, 0.1) is 5.41 Å². The molecule has 0 aliphatic rings. The first-order chi connectivity index (χ1) is 5.52. The van der Waals surface area contributed by atoms with Crippen LogP contribution in [0.15, 0.2) is 0 Å². The van der Waals surface area contributed by atoms with Gasteiger partial charge < -0.3 is 5.11 Å². The fourth-order valence-corrected chi connectivity index (χ4v) is 1.21. The van der Waals surface area contributed by atoms with E-state index in [0.717, 1.165) is 25.7 Å². The van der Waals surface area contributed by atoms with Gasteiger partial charge in [0.05, 0.1) is 6.10 Å². The molecule has 0 heterocycles. The molecule has 1 N–H and O–H groups in total. The van der Waals surface area contributed by atoms with Crippen LogP contribution >= 0.6 is 0 Å². The lowest BCUT2D eigenvalue weighted by molar-refractivity contribution is 0.131. The predicted octanol–water partition coefficient (Wildman–Crippen LogP) is 3.36. The molecule has 0 radical (unpaired) electrons. The van der Waals surface area contributed by atoms with Crippen LogP contribution in [0.5, 0.6) is 0 Å². The first kappa shape index (κ1) is 12.0. The molecular formula is C11H24O. The van der Waals surface area contributed by atoms with Gasteiger partial charge in [0, 0.05) is 0 Å². The van der Waals surface area contributed by atoms with Crippen LogP contribution in [0.25, 0.3) is 0 Å². The van der Waals surface area contributed by atoms with Gasteiger partial charge in [0.25, 0.3) is 0 Å². The minimum atomic E-state index is -0.0687. The van der Waals surface area contributed by atoms with E-state index in [4.69, 9.17) is 0 Å². The van der Waals surface area contributed by atoms with E-state index in [0.29, 0.717) is 5.41 Å². The quantitative estimate of drug-likeness (QED) is 0.651. The third kappa shape index (κ3) is 5.59. The van der Waals surface area contributed by atoms with Crippen molar-refractivity contribution in [2.24, 2.45) is 5.41 Å². The van der Waals surface area contributed by atoms with Crippen LogP contribution in [0.1, 0.15) is 59.8 Å². The van der Waals surface area contributed by atoms with Gasteiger partial charge in [-0.15, -0.1) is 0 Å². The molecule has 0 amide bonds. The van der Waals surface area contributed by atoms with Crippen molar-refractivity contribution in [1.29, 1.82) is 0 Å². The molecule has 74 valence electrons. The van der Waals surface area contributed by atoms with Crippen molar-refractivity contribution in [2.75, 3.05) is 0 Å². The van der Waals surface area contributed by atoms with Gasteiger partial charge in [-0.3, -0.25) is 0 Å². The Kier molecular flexibility index (Phi) is 5.56. The summed E-state index contributed by atoms with van der Waals surface area (Å²) in [7, 11) is 0. The van der Waals surface area contributed by atoms with Crippen LogP contribution in [0.4, 0.5) is 0 Å². The van der Waals surface area contributed by atoms with Gasteiger partial charge in [-0.25, -0.2) is 0 Å². The topological polar surface area (TPSA) is 20.2 Å². The maximum atomic E-state index is 9.51. The summed E-state index contributed by atoms with van der Waals surface area (Å²) in [6, 6.07) is 0. The van der Waals surface area contributed by atoms with Crippen LogP contribution in [0.2, 0.25) is 0 Å². The van der Waals surface area contributed by atoms with E-state index in [9.17, 15) is 5.11 Å². The molecular weight excluding hydrogens is 148 g/mol. The number of hydrogen-bond acceptors (Lipinski definition) is 1. The fraction of sp³-hybridized carbons (Fsp3) is 1.00. The summed E-state index contributed by atoms with van der Waals surface area (Å²) in [4.78, 5) is 0. The number of hydrogen-bond donors (Lipinski definition) is 1. The third-order valence-electron chi connectivity index (χ3n) is 2.73. The Labute approximate surface area is 77.2 Å². The molecule has 0 aliphatic heterocycles. The highest BCUT2D eigenvalue weighted by molar-refractivity contribution is 4.68. The molecule has 0 rings (SSSR count). The maximum Gasteiger partial charge on any atom is 0.0540 e. The molecule has 0 bridgehead atoms. The molecule has 1 nitrogen and oxygen atoms in total. The minimum absolute atomic E-state index is 0.0687. The number of aliphatic hydroxyl groups excluding tert-OH is 1. The Morgan fingerprint density at radius 3 is 2.17 bits per heavy atom. The normalized spacial score (nSPS) is 14.8. The SMILES string of the molecule is CCCC(O)CCC(C)(C)CC. The van der Waals surface area contributed by atoms with Crippen molar-refractivity contribution >= 4 is 0 Å². The summed E-state index contributed by atoms with van der Waals surface area (Å²) < 4.78 is 0. The zero-order chi connectivity index (χ0) is 9.61. The summed E-state index contributed by atoms with van der Waals surface area (Å²) in [5.41, 5.74) is 0.411. The lowest BCUT2D eigenvalue weighted by Gasteiger charge is -2.23. The molecule has 1 unspecified atom stereocenters. The van der Waals surface area contributed by atoms with Gasteiger partial charge in [0.2, 0.25) is 0 Å². The van der Waals surface area contributed by atoms with E-state index in [1.165, 1.54) is 6.42 Å². The largest absolute Gasteiger partial charge is 0.393 e. The predicted molar refractivity (Wildman–Crippen MR) is 54.2 cm³/mol. The Hall–Kier alpha value is -0.0400. The van der Waals surface area contributed by atoms with E-state index in [2.05, 4.69) is 27.7 Å². The Morgan fingerprint density at radius 1 is 1.17 bits per heavy atom. The third-order valence-corrected chi connectivity index (χ3v) is 2.73. The molecule has 0 aromatic heterocycles. The lowest BCUT2D eigenvalue weighted by Crippen LogP contribution is -2.14. The second kappa shape index (κ2) is 5.58.